The molecule has 1 fully saturated rings. The molecule has 1 rings (SSSR count). The van der Waals surface area contributed by atoms with Crippen LogP contribution >= 0.6 is 0 Å². The molecule has 0 spiro atoms. The third kappa shape index (κ3) is 3.77. The standard InChI is InChI=1S/C8H12O2Se4/c1-5(9)11-7(3)13-8(4,14-7)12-6(2)10/h1-4H3. The molecule has 14 heavy (non-hydrogen) atoms. The van der Waals surface area contributed by atoms with E-state index in [1.54, 1.807) is 13.8 Å². The van der Waals surface area contributed by atoms with Gasteiger partial charge in [0.25, 0.3) is 0 Å². The van der Waals surface area contributed by atoms with E-state index in [0.29, 0.717) is 43.5 Å². The number of carbonyl (C=O) groups excluding carboxylic acids is 2. The predicted molar refractivity (Wildman–Crippen MR) is 61.1 cm³/mol. The van der Waals surface area contributed by atoms with Gasteiger partial charge in [0.1, 0.15) is 0 Å². The number of rotatable bonds is 4. The summed E-state index contributed by atoms with van der Waals surface area (Å²) in [6.07, 6.45) is 0. The zero-order chi connectivity index (χ0) is 11.0. The van der Waals surface area contributed by atoms with Gasteiger partial charge >= 0.3 is 111 Å². The number of hydrogen-bond acceptors (Lipinski definition) is 2. The first-order chi connectivity index (χ1) is 6.25. The van der Waals surface area contributed by atoms with E-state index in [2.05, 4.69) is 13.8 Å². The van der Waals surface area contributed by atoms with Crippen molar-refractivity contribution < 1.29 is 9.59 Å². The molecule has 0 amide bonds. The van der Waals surface area contributed by atoms with Crippen molar-refractivity contribution in [2.75, 3.05) is 0 Å². The van der Waals surface area contributed by atoms with Crippen molar-refractivity contribution in [2.45, 2.75) is 31.9 Å². The molecule has 0 unspecified atom stereocenters. The molecule has 0 aromatic rings. The zero-order valence-corrected chi connectivity index (χ0v) is 15.3. The molecular formula is C8H12O2Se4. The summed E-state index contributed by atoms with van der Waals surface area (Å²) in [6.45, 7) is 7.88. The molecule has 1 saturated heterocycles. The minimum atomic E-state index is 0.166. The van der Waals surface area contributed by atoms with Crippen molar-refractivity contribution in [1.29, 1.82) is 0 Å². The fraction of sp³-hybridized carbons (Fsp3) is 0.750. The normalized spacial score (nSPS) is 36.3. The van der Waals surface area contributed by atoms with E-state index >= 15 is 0 Å². The summed E-state index contributed by atoms with van der Waals surface area (Å²) in [5, 5.41) is 0. The number of carbonyl (C=O) groups is 2. The van der Waals surface area contributed by atoms with Gasteiger partial charge in [-0.25, -0.2) is 0 Å². The molecule has 1 heterocycles. The van der Waals surface area contributed by atoms with Crippen LogP contribution in [-0.4, -0.2) is 69.2 Å². The van der Waals surface area contributed by atoms with E-state index in [9.17, 15) is 9.59 Å². The molecule has 0 atom stereocenters. The molecule has 6 heteroatoms. The molecule has 0 aromatic carbocycles. The molecule has 2 nitrogen and oxygen atoms in total. The van der Waals surface area contributed by atoms with E-state index in [4.69, 9.17) is 0 Å². The molecule has 0 N–H and O–H groups in total. The first kappa shape index (κ1) is 13.5. The average Bonchev–Trinajstić information content (AvgIpc) is 1.76. The van der Waals surface area contributed by atoms with Crippen LogP contribution in [0.3, 0.4) is 0 Å². The van der Waals surface area contributed by atoms with E-state index in [1.807, 2.05) is 0 Å². The molecule has 1 aliphatic heterocycles. The molecule has 0 saturated carbocycles. The zero-order valence-electron chi connectivity index (χ0n) is 8.45. The Morgan fingerprint density at radius 2 is 1.21 bits per heavy atom. The SMILES string of the molecule is CC(=O)[Se]C1(C)[Se]C(C)([Se]C(C)=O)[Se]1. The van der Waals surface area contributed by atoms with Crippen LogP contribution in [0.2, 0.25) is 4.22 Å². The Morgan fingerprint density at radius 1 is 0.929 bits per heavy atom. The quantitative estimate of drug-likeness (QED) is 0.563. The van der Waals surface area contributed by atoms with Gasteiger partial charge in [0, 0.05) is 0 Å². The molecule has 0 radical (unpaired) electrons. The van der Waals surface area contributed by atoms with Crippen LogP contribution in [-0.2, 0) is 9.59 Å². The minimum absolute atomic E-state index is 0.166. The summed E-state index contributed by atoms with van der Waals surface area (Å²) >= 11 is 1.35. The Balaban J connectivity index is 2.48. The van der Waals surface area contributed by atoms with Gasteiger partial charge in [-0.3, -0.25) is 0 Å². The van der Waals surface area contributed by atoms with Crippen LogP contribution in [0.4, 0.5) is 0 Å². The Hall–Kier alpha value is 1.42. The third-order valence-electron chi connectivity index (χ3n) is 1.40. The van der Waals surface area contributed by atoms with Gasteiger partial charge in [-0.1, -0.05) is 0 Å². The molecule has 0 aliphatic carbocycles. The van der Waals surface area contributed by atoms with Crippen LogP contribution in [0.15, 0.2) is 0 Å². The fourth-order valence-corrected chi connectivity index (χ4v) is 35.6. The maximum absolute atomic E-state index is 11.1. The summed E-state index contributed by atoms with van der Waals surface area (Å²) < 4.78 is 1.46. The van der Waals surface area contributed by atoms with Gasteiger partial charge in [0.15, 0.2) is 0 Å². The predicted octanol–water partition coefficient (Wildman–Crippen LogP) is 0.0970. The van der Waals surface area contributed by atoms with Gasteiger partial charge in [0.2, 0.25) is 0 Å². The Labute approximate surface area is 110 Å². The summed E-state index contributed by atoms with van der Waals surface area (Å²) in [7, 11) is 0. The average molecular weight is 456 g/mol. The van der Waals surface area contributed by atoms with E-state index in [-0.39, 0.29) is 29.9 Å². The van der Waals surface area contributed by atoms with Crippen molar-refractivity contribution in [3.05, 3.63) is 0 Å². The van der Waals surface area contributed by atoms with Crippen LogP contribution in [0.1, 0.15) is 27.7 Å². The monoisotopic (exact) mass is 460 g/mol. The van der Waals surface area contributed by atoms with Crippen molar-refractivity contribution in [1.82, 2.24) is 0 Å². The van der Waals surface area contributed by atoms with Crippen molar-refractivity contribution >= 4 is 69.2 Å². The van der Waals surface area contributed by atoms with E-state index in [0.717, 1.165) is 0 Å². The Bertz CT molecular complexity index is 245. The molecule has 0 aromatic heterocycles. The van der Waals surface area contributed by atoms with Gasteiger partial charge in [-0.15, -0.1) is 0 Å². The van der Waals surface area contributed by atoms with Crippen LogP contribution < -0.4 is 0 Å². The summed E-state index contributed by atoms with van der Waals surface area (Å²) in [5.41, 5.74) is 0. The van der Waals surface area contributed by atoms with E-state index < -0.39 is 0 Å². The molecule has 80 valence electrons. The van der Waals surface area contributed by atoms with Gasteiger partial charge < -0.3 is 0 Å². The first-order valence-electron chi connectivity index (χ1n) is 4.04. The summed E-state index contributed by atoms with van der Waals surface area (Å²) in [4.78, 5) is 22.1. The van der Waals surface area contributed by atoms with Crippen molar-refractivity contribution in [2.24, 2.45) is 0 Å². The van der Waals surface area contributed by atoms with Crippen molar-refractivity contribution in [3.8, 4) is 0 Å². The van der Waals surface area contributed by atoms with Crippen LogP contribution in [0, 0.1) is 0 Å². The van der Waals surface area contributed by atoms with Gasteiger partial charge in [-0.05, 0) is 0 Å². The van der Waals surface area contributed by atoms with Crippen LogP contribution in [0.25, 0.3) is 0 Å². The Morgan fingerprint density at radius 3 is 1.43 bits per heavy atom. The summed E-state index contributed by atoms with van der Waals surface area (Å²) in [6, 6.07) is 0. The summed E-state index contributed by atoms with van der Waals surface area (Å²) in [5.74, 6) is 0. The molecule has 0 bridgehead atoms. The fourth-order valence-electron chi connectivity index (χ4n) is 1.29. The van der Waals surface area contributed by atoms with Crippen LogP contribution in [0.5, 0.6) is 0 Å². The van der Waals surface area contributed by atoms with Gasteiger partial charge in [-0.2, -0.15) is 0 Å². The Kier molecular flexibility index (Phi) is 4.56. The second-order valence-corrected chi connectivity index (χ2v) is 25.4. The topological polar surface area (TPSA) is 34.1 Å². The van der Waals surface area contributed by atoms with Gasteiger partial charge in [0.05, 0.1) is 0 Å². The van der Waals surface area contributed by atoms with Crippen molar-refractivity contribution in [3.63, 3.8) is 0 Å². The first-order valence-corrected chi connectivity index (χ1v) is 10.9. The van der Waals surface area contributed by atoms with E-state index in [1.165, 1.54) is 0 Å². The second kappa shape index (κ2) is 4.73. The third-order valence-corrected chi connectivity index (χ3v) is 18.2. The molecule has 1 aliphatic rings. The number of hydrogen-bond donors (Lipinski definition) is 0. The second-order valence-electron chi connectivity index (χ2n) is 3.12. The maximum atomic E-state index is 11.1. The molecular weight excluding hydrogens is 444 g/mol.